The van der Waals surface area contributed by atoms with Crippen LogP contribution in [-0.4, -0.2) is 16.8 Å². The van der Waals surface area contributed by atoms with Crippen molar-refractivity contribution in [2.75, 3.05) is 6.61 Å². The molecule has 0 aliphatic heterocycles. The number of rotatable bonds is 6. The summed E-state index contributed by atoms with van der Waals surface area (Å²) in [5.74, 6) is 0.839. The van der Waals surface area contributed by atoms with Crippen molar-refractivity contribution < 1.29 is 4.74 Å². The normalized spacial score (nSPS) is 10.1. The highest BCUT2D eigenvalue weighted by Crippen LogP contribution is 2.06. The molecular formula is C9H16N2O. The predicted octanol–water partition coefficient (Wildman–Crippen LogP) is 2.37. The molecule has 0 aliphatic rings. The van der Waals surface area contributed by atoms with Gasteiger partial charge in [0.1, 0.15) is 0 Å². The fraction of sp³-hybridized carbons (Fsp3) is 0.667. The van der Waals surface area contributed by atoms with Crippen LogP contribution < -0.4 is 4.74 Å². The first-order chi connectivity index (χ1) is 5.93. The lowest BCUT2D eigenvalue weighted by Crippen LogP contribution is -1.95. The van der Waals surface area contributed by atoms with Gasteiger partial charge in [-0.25, -0.2) is 0 Å². The zero-order chi connectivity index (χ0) is 8.65. The molecule has 0 aromatic carbocycles. The summed E-state index contributed by atoms with van der Waals surface area (Å²) in [5, 5.41) is 6.49. The lowest BCUT2D eigenvalue weighted by molar-refractivity contribution is 0.305. The first-order valence-corrected chi connectivity index (χ1v) is 4.55. The standard InChI is InChI=1S/C9H16N2O/c1-2-3-4-5-6-12-9-7-10-11-8-9/h7-8H,2-6H2,1H3,(H,10,11). The molecule has 0 unspecified atom stereocenters. The Kier molecular flexibility index (Phi) is 4.27. The van der Waals surface area contributed by atoms with Gasteiger partial charge in [0.25, 0.3) is 0 Å². The van der Waals surface area contributed by atoms with Gasteiger partial charge in [0, 0.05) is 0 Å². The van der Waals surface area contributed by atoms with E-state index in [9.17, 15) is 0 Å². The number of hydrogen-bond acceptors (Lipinski definition) is 2. The van der Waals surface area contributed by atoms with E-state index in [1.165, 1.54) is 19.3 Å². The van der Waals surface area contributed by atoms with Crippen LogP contribution in [0.15, 0.2) is 12.4 Å². The Bertz CT molecular complexity index is 184. The highest BCUT2D eigenvalue weighted by Gasteiger charge is 1.92. The fourth-order valence-corrected chi connectivity index (χ4v) is 1.04. The first-order valence-electron chi connectivity index (χ1n) is 4.55. The second-order valence-corrected chi connectivity index (χ2v) is 2.84. The van der Waals surface area contributed by atoms with Crippen LogP contribution in [0.4, 0.5) is 0 Å². The summed E-state index contributed by atoms with van der Waals surface area (Å²) < 4.78 is 5.40. The van der Waals surface area contributed by atoms with Crippen molar-refractivity contribution in [3.05, 3.63) is 12.4 Å². The highest BCUT2D eigenvalue weighted by molar-refractivity contribution is 5.09. The average Bonchev–Trinajstić information content (AvgIpc) is 2.57. The van der Waals surface area contributed by atoms with Gasteiger partial charge in [0.05, 0.1) is 19.0 Å². The molecule has 1 heterocycles. The SMILES string of the molecule is CCCCCCOc1cn[nH]c1. The van der Waals surface area contributed by atoms with E-state index in [0.717, 1.165) is 18.8 Å². The van der Waals surface area contributed by atoms with Crippen LogP contribution in [-0.2, 0) is 0 Å². The molecule has 3 heteroatoms. The van der Waals surface area contributed by atoms with Crippen LogP contribution in [0.25, 0.3) is 0 Å². The number of ether oxygens (including phenoxy) is 1. The molecular weight excluding hydrogens is 152 g/mol. The van der Waals surface area contributed by atoms with Gasteiger partial charge < -0.3 is 4.74 Å². The predicted molar refractivity (Wildman–Crippen MR) is 48.2 cm³/mol. The summed E-state index contributed by atoms with van der Waals surface area (Å²) in [7, 11) is 0. The van der Waals surface area contributed by atoms with Crippen LogP contribution in [0.1, 0.15) is 32.6 Å². The van der Waals surface area contributed by atoms with E-state index >= 15 is 0 Å². The molecule has 0 saturated heterocycles. The molecule has 1 rings (SSSR count). The average molecular weight is 168 g/mol. The van der Waals surface area contributed by atoms with E-state index in [-0.39, 0.29) is 0 Å². The second-order valence-electron chi connectivity index (χ2n) is 2.84. The maximum Gasteiger partial charge on any atom is 0.156 e. The van der Waals surface area contributed by atoms with Crippen molar-refractivity contribution in [3.8, 4) is 5.75 Å². The third-order valence-electron chi connectivity index (χ3n) is 1.74. The Morgan fingerprint density at radius 2 is 2.33 bits per heavy atom. The molecule has 0 radical (unpaired) electrons. The number of aromatic nitrogens is 2. The third-order valence-corrected chi connectivity index (χ3v) is 1.74. The Balaban J connectivity index is 1.96. The number of unbranched alkanes of at least 4 members (excludes halogenated alkanes) is 3. The minimum atomic E-state index is 0.805. The maximum atomic E-state index is 5.40. The van der Waals surface area contributed by atoms with Gasteiger partial charge in [-0.1, -0.05) is 26.2 Å². The lowest BCUT2D eigenvalue weighted by atomic mass is 10.2. The molecule has 0 fully saturated rings. The zero-order valence-electron chi connectivity index (χ0n) is 7.55. The summed E-state index contributed by atoms with van der Waals surface area (Å²) in [4.78, 5) is 0. The molecule has 1 N–H and O–H groups in total. The van der Waals surface area contributed by atoms with Crippen molar-refractivity contribution in [1.82, 2.24) is 10.2 Å². The zero-order valence-corrected chi connectivity index (χ0v) is 7.55. The van der Waals surface area contributed by atoms with Crippen molar-refractivity contribution in [1.29, 1.82) is 0 Å². The molecule has 0 amide bonds. The van der Waals surface area contributed by atoms with Gasteiger partial charge >= 0.3 is 0 Å². The van der Waals surface area contributed by atoms with Crippen LogP contribution in [0.5, 0.6) is 5.75 Å². The van der Waals surface area contributed by atoms with Crippen molar-refractivity contribution >= 4 is 0 Å². The van der Waals surface area contributed by atoms with E-state index in [4.69, 9.17) is 4.74 Å². The lowest BCUT2D eigenvalue weighted by Gasteiger charge is -2.01. The summed E-state index contributed by atoms with van der Waals surface area (Å²) in [6.45, 7) is 3.01. The smallest absolute Gasteiger partial charge is 0.156 e. The molecule has 0 atom stereocenters. The molecule has 0 spiro atoms. The topological polar surface area (TPSA) is 37.9 Å². The molecule has 12 heavy (non-hydrogen) atoms. The maximum absolute atomic E-state index is 5.40. The van der Waals surface area contributed by atoms with Crippen molar-refractivity contribution in [3.63, 3.8) is 0 Å². The molecule has 0 bridgehead atoms. The van der Waals surface area contributed by atoms with Crippen LogP contribution in [0.3, 0.4) is 0 Å². The number of aromatic amines is 1. The Hall–Kier alpha value is -0.990. The molecule has 1 aromatic rings. The van der Waals surface area contributed by atoms with E-state index in [1.54, 1.807) is 12.4 Å². The van der Waals surface area contributed by atoms with Gasteiger partial charge in [-0.15, -0.1) is 0 Å². The van der Waals surface area contributed by atoms with Crippen LogP contribution in [0, 0.1) is 0 Å². The Morgan fingerprint density at radius 1 is 1.42 bits per heavy atom. The number of nitrogens with zero attached hydrogens (tertiary/aromatic N) is 1. The van der Waals surface area contributed by atoms with Crippen molar-refractivity contribution in [2.24, 2.45) is 0 Å². The fourth-order valence-electron chi connectivity index (χ4n) is 1.04. The molecule has 0 aliphatic carbocycles. The second kappa shape index (κ2) is 5.63. The monoisotopic (exact) mass is 168 g/mol. The molecule has 1 aromatic heterocycles. The number of nitrogens with one attached hydrogen (secondary N) is 1. The minimum Gasteiger partial charge on any atom is -0.490 e. The summed E-state index contributed by atoms with van der Waals surface area (Å²) in [6, 6.07) is 0. The van der Waals surface area contributed by atoms with E-state index in [0.29, 0.717) is 0 Å². The van der Waals surface area contributed by atoms with E-state index in [2.05, 4.69) is 17.1 Å². The number of H-pyrrole nitrogens is 1. The number of hydrogen-bond donors (Lipinski definition) is 1. The third kappa shape index (κ3) is 3.42. The van der Waals surface area contributed by atoms with Gasteiger partial charge in [0.2, 0.25) is 0 Å². The van der Waals surface area contributed by atoms with Gasteiger partial charge in [0.15, 0.2) is 5.75 Å². The van der Waals surface area contributed by atoms with Gasteiger partial charge in [-0.2, -0.15) is 5.10 Å². The molecule has 3 nitrogen and oxygen atoms in total. The van der Waals surface area contributed by atoms with E-state index in [1.807, 2.05) is 0 Å². The molecule has 68 valence electrons. The highest BCUT2D eigenvalue weighted by atomic mass is 16.5. The Labute approximate surface area is 73.1 Å². The van der Waals surface area contributed by atoms with Crippen LogP contribution >= 0.6 is 0 Å². The molecule has 0 saturated carbocycles. The van der Waals surface area contributed by atoms with E-state index < -0.39 is 0 Å². The largest absolute Gasteiger partial charge is 0.490 e. The minimum absolute atomic E-state index is 0.805. The summed E-state index contributed by atoms with van der Waals surface area (Å²) in [5.41, 5.74) is 0. The van der Waals surface area contributed by atoms with Gasteiger partial charge in [-0.3, -0.25) is 5.10 Å². The quantitative estimate of drug-likeness (QED) is 0.662. The van der Waals surface area contributed by atoms with Crippen LogP contribution in [0.2, 0.25) is 0 Å². The Morgan fingerprint density at radius 3 is 3.00 bits per heavy atom. The van der Waals surface area contributed by atoms with Gasteiger partial charge in [-0.05, 0) is 6.42 Å². The summed E-state index contributed by atoms with van der Waals surface area (Å²) in [6.07, 6.45) is 8.42. The van der Waals surface area contributed by atoms with Crippen molar-refractivity contribution in [2.45, 2.75) is 32.6 Å². The first kappa shape index (κ1) is 9.10. The summed E-state index contributed by atoms with van der Waals surface area (Å²) >= 11 is 0.